The summed E-state index contributed by atoms with van der Waals surface area (Å²) < 4.78 is 24.4. The van der Waals surface area contributed by atoms with E-state index in [4.69, 9.17) is 21.1 Å². The van der Waals surface area contributed by atoms with E-state index in [0.29, 0.717) is 29.4 Å². The van der Waals surface area contributed by atoms with Crippen LogP contribution in [0.25, 0.3) is 6.08 Å². The molecular formula is C28H24ClFN2O5. The summed E-state index contributed by atoms with van der Waals surface area (Å²) in [4.78, 5) is 39.0. The monoisotopic (exact) mass is 522 g/mol. The zero-order chi connectivity index (χ0) is 26.4. The number of urea groups is 1. The first-order valence-electron chi connectivity index (χ1n) is 11.7. The van der Waals surface area contributed by atoms with Crippen molar-refractivity contribution in [2.75, 3.05) is 11.5 Å². The van der Waals surface area contributed by atoms with Crippen molar-refractivity contribution in [1.29, 1.82) is 0 Å². The van der Waals surface area contributed by atoms with E-state index < -0.39 is 17.8 Å². The number of benzene rings is 3. The van der Waals surface area contributed by atoms with Gasteiger partial charge in [0, 0.05) is 0 Å². The lowest BCUT2D eigenvalue weighted by atomic mass is 10.1. The molecule has 0 aromatic heterocycles. The van der Waals surface area contributed by atoms with E-state index in [0.717, 1.165) is 23.3 Å². The highest BCUT2D eigenvalue weighted by Gasteiger charge is 2.36. The molecular weight excluding hydrogens is 499 g/mol. The van der Waals surface area contributed by atoms with Gasteiger partial charge < -0.3 is 9.47 Å². The van der Waals surface area contributed by atoms with Crippen molar-refractivity contribution < 1.29 is 28.2 Å². The van der Waals surface area contributed by atoms with Crippen molar-refractivity contribution in [3.05, 3.63) is 94.3 Å². The molecule has 190 valence electrons. The average Bonchev–Trinajstić information content (AvgIpc) is 2.88. The van der Waals surface area contributed by atoms with Gasteiger partial charge in [-0.3, -0.25) is 14.9 Å². The number of rotatable bonds is 9. The number of anilines is 1. The molecule has 37 heavy (non-hydrogen) atoms. The lowest BCUT2D eigenvalue weighted by Gasteiger charge is -2.26. The molecule has 0 saturated carbocycles. The van der Waals surface area contributed by atoms with Gasteiger partial charge in [-0.15, -0.1) is 0 Å². The van der Waals surface area contributed by atoms with Crippen LogP contribution in [0.15, 0.2) is 72.3 Å². The quantitative estimate of drug-likeness (QED) is 0.215. The normalized spacial score (nSPS) is 14.6. The summed E-state index contributed by atoms with van der Waals surface area (Å²) in [6, 6.07) is 16.3. The van der Waals surface area contributed by atoms with E-state index >= 15 is 0 Å². The molecule has 1 aliphatic rings. The number of hydrogen-bond acceptors (Lipinski definition) is 5. The predicted molar refractivity (Wildman–Crippen MR) is 138 cm³/mol. The first-order chi connectivity index (χ1) is 17.9. The molecule has 4 rings (SSSR count). The summed E-state index contributed by atoms with van der Waals surface area (Å²) in [6.45, 7) is 2.81. The molecule has 0 radical (unpaired) electrons. The molecule has 1 heterocycles. The van der Waals surface area contributed by atoms with Crippen LogP contribution in [0.1, 0.15) is 30.9 Å². The summed E-state index contributed by atoms with van der Waals surface area (Å²) in [5.41, 5.74) is 1.30. The SMILES string of the molecule is CCCCOc1ccc(N2C(=O)NC(=O)/C(=C/c3ccc(OCc4ccc(F)cc4)c(Cl)c3)C2=O)cc1. The highest BCUT2D eigenvalue weighted by Crippen LogP contribution is 2.29. The van der Waals surface area contributed by atoms with Crippen LogP contribution in [0.3, 0.4) is 0 Å². The Balaban J connectivity index is 1.50. The van der Waals surface area contributed by atoms with Crippen LogP contribution in [-0.4, -0.2) is 24.5 Å². The van der Waals surface area contributed by atoms with Crippen molar-refractivity contribution in [2.45, 2.75) is 26.4 Å². The van der Waals surface area contributed by atoms with E-state index in [9.17, 15) is 18.8 Å². The smallest absolute Gasteiger partial charge is 0.335 e. The molecule has 0 aliphatic carbocycles. The first kappa shape index (κ1) is 25.9. The third-order valence-corrected chi connectivity index (χ3v) is 5.83. The molecule has 0 bridgehead atoms. The molecule has 0 spiro atoms. The number of nitrogens with zero attached hydrogens (tertiary/aromatic N) is 1. The second-order valence-electron chi connectivity index (χ2n) is 8.26. The number of unbranched alkanes of at least 4 members (excludes halogenated alkanes) is 1. The molecule has 3 aromatic carbocycles. The minimum Gasteiger partial charge on any atom is -0.494 e. The summed E-state index contributed by atoms with van der Waals surface area (Å²) in [5.74, 6) is -0.912. The molecule has 0 unspecified atom stereocenters. The number of carbonyl (C=O) groups excluding carboxylic acids is 3. The van der Waals surface area contributed by atoms with Crippen LogP contribution in [0.4, 0.5) is 14.9 Å². The van der Waals surface area contributed by atoms with Gasteiger partial charge in [-0.2, -0.15) is 0 Å². The third-order valence-electron chi connectivity index (χ3n) is 5.54. The van der Waals surface area contributed by atoms with E-state index in [2.05, 4.69) is 12.2 Å². The molecule has 1 fully saturated rings. The van der Waals surface area contributed by atoms with E-state index in [1.165, 1.54) is 24.3 Å². The second-order valence-corrected chi connectivity index (χ2v) is 8.67. The first-order valence-corrected chi connectivity index (χ1v) is 12.0. The van der Waals surface area contributed by atoms with Gasteiger partial charge in [0.1, 0.15) is 29.5 Å². The summed E-state index contributed by atoms with van der Waals surface area (Å²) in [7, 11) is 0. The van der Waals surface area contributed by atoms with Crippen molar-refractivity contribution >= 4 is 41.2 Å². The Morgan fingerprint density at radius 1 is 0.973 bits per heavy atom. The lowest BCUT2D eigenvalue weighted by Crippen LogP contribution is -2.54. The molecule has 1 N–H and O–H groups in total. The molecule has 4 amide bonds. The van der Waals surface area contributed by atoms with Gasteiger partial charge in [-0.1, -0.05) is 43.1 Å². The number of nitrogens with one attached hydrogen (secondary N) is 1. The van der Waals surface area contributed by atoms with Crippen LogP contribution in [0.5, 0.6) is 11.5 Å². The number of carbonyl (C=O) groups is 3. The highest BCUT2D eigenvalue weighted by atomic mass is 35.5. The van der Waals surface area contributed by atoms with E-state index in [-0.39, 0.29) is 23.0 Å². The van der Waals surface area contributed by atoms with Gasteiger partial charge in [-0.25, -0.2) is 14.1 Å². The Bertz CT molecular complexity index is 1340. The Morgan fingerprint density at radius 3 is 2.38 bits per heavy atom. The predicted octanol–water partition coefficient (Wildman–Crippen LogP) is 5.90. The van der Waals surface area contributed by atoms with Crippen LogP contribution in [0.2, 0.25) is 5.02 Å². The van der Waals surface area contributed by atoms with Gasteiger partial charge >= 0.3 is 6.03 Å². The third kappa shape index (κ3) is 6.34. The number of ether oxygens (including phenoxy) is 2. The second kappa shape index (κ2) is 11.7. The van der Waals surface area contributed by atoms with Gasteiger partial charge in [0.2, 0.25) is 0 Å². The number of imide groups is 2. The zero-order valence-corrected chi connectivity index (χ0v) is 20.8. The van der Waals surface area contributed by atoms with Crippen molar-refractivity contribution in [2.24, 2.45) is 0 Å². The van der Waals surface area contributed by atoms with Crippen LogP contribution in [-0.2, 0) is 16.2 Å². The Kier molecular flexibility index (Phi) is 8.20. The largest absolute Gasteiger partial charge is 0.494 e. The van der Waals surface area contributed by atoms with E-state index in [1.54, 1.807) is 48.5 Å². The lowest BCUT2D eigenvalue weighted by molar-refractivity contribution is -0.122. The highest BCUT2D eigenvalue weighted by molar-refractivity contribution is 6.39. The Hall–Kier alpha value is -4.17. The Labute approximate surface area is 218 Å². The van der Waals surface area contributed by atoms with Crippen LogP contribution >= 0.6 is 11.6 Å². The number of halogens is 2. The molecule has 0 atom stereocenters. The van der Waals surface area contributed by atoms with Gasteiger partial charge in [-0.05, 0) is 72.2 Å². The van der Waals surface area contributed by atoms with Gasteiger partial charge in [0.15, 0.2) is 0 Å². The number of amides is 4. The fourth-order valence-electron chi connectivity index (χ4n) is 3.55. The summed E-state index contributed by atoms with van der Waals surface area (Å²) >= 11 is 6.34. The maximum atomic E-state index is 13.1. The standard InChI is InChI=1S/C28H24ClFN2O5/c1-2-3-14-36-22-11-9-21(10-12-22)32-27(34)23(26(33)31-28(32)35)15-19-6-13-25(24(29)16-19)37-17-18-4-7-20(30)8-5-18/h4-13,15-16H,2-3,14,17H2,1H3,(H,31,33,35)/b23-15-. The number of hydrogen-bond donors (Lipinski definition) is 1. The van der Waals surface area contributed by atoms with Crippen LogP contribution < -0.4 is 19.7 Å². The molecule has 9 heteroatoms. The topological polar surface area (TPSA) is 84.9 Å². The maximum Gasteiger partial charge on any atom is 0.335 e. The minimum absolute atomic E-state index is 0.181. The maximum absolute atomic E-state index is 13.1. The van der Waals surface area contributed by atoms with Crippen molar-refractivity contribution in [3.63, 3.8) is 0 Å². The molecule has 7 nitrogen and oxygen atoms in total. The number of barbiturate groups is 1. The van der Waals surface area contributed by atoms with Crippen LogP contribution in [0, 0.1) is 5.82 Å². The molecule has 1 aliphatic heterocycles. The van der Waals surface area contributed by atoms with Crippen molar-refractivity contribution in [1.82, 2.24) is 5.32 Å². The molecule has 1 saturated heterocycles. The van der Waals surface area contributed by atoms with Gasteiger partial charge in [0.25, 0.3) is 11.8 Å². The fourth-order valence-corrected chi connectivity index (χ4v) is 3.79. The van der Waals surface area contributed by atoms with Crippen molar-refractivity contribution in [3.8, 4) is 11.5 Å². The minimum atomic E-state index is -0.839. The average molecular weight is 523 g/mol. The zero-order valence-electron chi connectivity index (χ0n) is 20.0. The summed E-state index contributed by atoms with van der Waals surface area (Å²) in [5, 5.41) is 2.45. The molecule has 3 aromatic rings. The Morgan fingerprint density at radius 2 is 1.70 bits per heavy atom. The fraction of sp³-hybridized carbons (Fsp3) is 0.179. The van der Waals surface area contributed by atoms with Gasteiger partial charge in [0.05, 0.1) is 17.3 Å². The van der Waals surface area contributed by atoms with E-state index in [1.807, 2.05) is 0 Å². The summed E-state index contributed by atoms with van der Waals surface area (Å²) in [6.07, 6.45) is 3.27.